The summed E-state index contributed by atoms with van der Waals surface area (Å²) in [5, 5.41) is 6.84. The molecule has 0 aromatic rings. The number of hydrogen-bond donors (Lipinski definition) is 2. The molecule has 14 heavy (non-hydrogen) atoms. The summed E-state index contributed by atoms with van der Waals surface area (Å²) in [6, 6.07) is 0. The SMILES string of the molecule is C=CSCCC(=O)NCNC(=O)CC. The Kier molecular flexibility index (Phi) is 8.02. The predicted octanol–water partition coefficient (Wildman–Crippen LogP) is 0.853. The summed E-state index contributed by atoms with van der Waals surface area (Å²) < 4.78 is 0. The Bertz CT molecular complexity index is 207. The van der Waals surface area contributed by atoms with Crippen LogP contribution in [0.1, 0.15) is 19.8 Å². The summed E-state index contributed by atoms with van der Waals surface area (Å²) in [5.41, 5.74) is 0. The van der Waals surface area contributed by atoms with Crippen LogP contribution in [0, 0.1) is 0 Å². The van der Waals surface area contributed by atoms with Gasteiger partial charge in [-0.05, 0) is 5.41 Å². The number of carbonyl (C=O) groups is 2. The van der Waals surface area contributed by atoms with E-state index in [9.17, 15) is 9.59 Å². The van der Waals surface area contributed by atoms with E-state index in [-0.39, 0.29) is 18.5 Å². The van der Waals surface area contributed by atoms with Crippen molar-refractivity contribution in [1.29, 1.82) is 0 Å². The molecule has 0 rings (SSSR count). The second-order valence-electron chi connectivity index (χ2n) is 2.52. The van der Waals surface area contributed by atoms with Crippen molar-refractivity contribution in [3.05, 3.63) is 12.0 Å². The van der Waals surface area contributed by atoms with Gasteiger partial charge in [0.25, 0.3) is 0 Å². The number of thioether (sulfide) groups is 1. The van der Waals surface area contributed by atoms with Crippen LogP contribution in [0.3, 0.4) is 0 Å². The van der Waals surface area contributed by atoms with Gasteiger partial charge in [0, 0.05) is 18.6 Å². The highest BCUT2D eigenvalue weighted by molar-refractivity contribution is 8.02. The van der Waals surface area contributed by atoms with E-state index in [1.165, 1.54) is 11.8 Å². The summed E-state index contributed by atoms with van der Waals surface area (Å²) in [7, 11) is 0. The van der Waals surface area contributed by atoms with Gasteiger partial charge >= 0.3 is 0 Å². The largest absolute Gasteiger partial charge is 0.339 e. The molecule has 0 aliphatic carbocycles. The van der Waals surface area contributed by atoms with Crippen molar-refractivity contribution < 1.29 is 9.59 Å². The molecule has 0 heterocycles. The van der Waals surface area contributed by atoms with Gasteiger partial charge in [0.1, 0.15) is 0 Å². The smallest absolute Gasteiger partial charge is 0.222 e. The van der Waals surface area contributed by atoms with Crippen molar-refractivity contribution in [2.24, 2.45) is 0 Å². The monoisotopic (exact) mass is 216 g/mol. The maximum Gasteiger partial charge on any atom is 0.222 e. The Hall–Kier alpha value is -0.970. The normalized spacial score (nSPS) is 9.21. The average molecular weight is 216 g/mol. The van der Waals surface area contributed by atoms with Crippen LogP contribution in [-0.2, 0) is 9.59 Å². The van der Waals surface area contributed by atoms with Crippen LogP contribution in [0.5, 0.6) is 0 Å². The van der Waals surface area contributed by atoms with Crippen LogP contribution in [0.25, 0.3) is 0 Å². The van der Waals surface area contributed by atoms with Crippen molar-refractivity contribution in [3.8, 4) is 0 Å². The Labute approximate surface area is 88.5 Å². The van der Waals surface area contributed by atoms with Gasteiger partial charge in [0.05, 0.1) is 6.67 Å². The lowest BCUT2D eigenvalue weighted by Gasteiger charge is -2.05. The predicted molar refractivity (Wildman–Crippen MR) is 58.7 cm³/mol. The van der Waals surface area contributed by atoms with E-state index in [4.69, 9.17) is 0 Å². The van der Waals surface area contributed by atoms with E-state index >= 15 is 0 Å². The second-order valence-corrected chi connectivity index (χ2v) is 3.59. The summed E-state index contributed by atoms with van der Waals surface area (Å²) in [5.74, 6) is 0.596. The highest BCUT2D eigenvalue weighted by Crippen LogP contribution is 2.01. The lowest BCUT2D eigenvalue weighted by molar-refractivity contribution is -0.122. The van der Waals surface area contributed by atoms with Crippen molar-refractivity contribution in [3.63, 3.8) is 0 Å². The molecule has 2 amide bonds. The fourth-order valence-electron chi connectivity index (χ4n) is 0.690. The Balaban J connectivity index is 3.35. The van der Waals surface area contributed by atoms with Crippen molar-refractivity contribution in [2.75, 3.05) is 12.4 Å². The van der Waals surface area contributed by atoms with Gasteiger partial charge in [0.15, 0.2) is 0 Å². The molecular formula is C9H16N2O2S. The van der Waals surface area contributed by atoms with Gasteiger partial charge in [-0.25, -0.2) is 0 Å². The van der Waals surface area contributed by atoms with E-state index in [2.05, 4.69) is 17.2 Å². The molecule has 5 heteroatoms. The molecular weight excluding hydrogens is 200 g/mol. The minimum Gasteiger partial charge on any atom is -0.339 e. The Morgan fingerprint density at radius 3 is 2.57 bits per heavy atom. The van der Waals surface area contributed by atoms with Crippen molar-refractivity contribution in [2.45, 2.75) is 19.8 Å². The molecule has 0 aromatic heterocycles. The zero-order valence-corrected chi connectivity index (χ0v) is 9.15. The number of carbonyl (C=O) groups excluding carboxylic acids is 2. The number of nitrogens with one attached hydrogen (secondary N) is 2. The molecule has 0 radical (unpaired) electrons. The first-order chi connectivity index (χ1) is 6.70. The van der Waals surface area contributed by atoms with E-state index in [0.29, 0.717) is 12.8 Å². The van der Waals surface area contributed by atoms with Crippen LogP contribution in [0.2, 0.25) is 0 Å². The number of rotatable bonds is 7. The second kappa shape index (κ2) is 8.62. The van der Waals surface area contributed by atoms with Crippen molar-refractivity contribution >= 4 is 23.6 Å². The maximum absolute atomic E-state index is 11.1. The number of hydrogen-bond acceptors (Lipinski definition) is 3. The zero-order valence-electron chi connectivity index (χ0n) is 8.34. The quantitative estimate of drug-likeness (QED) is 0.490. The fourth-order valence-corrected chi connectivity index (χ4v) is 1.16. The molecule has 0 unspecified atom stereocenters. The first kappa shape index (κ1) is 13.0. The third kappa shape index (κ3) is 7.67. The van der Waals surface area contributed by atoms with E-state index in [1.807, 2.05) is 0 Å². The van der Waals surface area contributed by atoms with Gasteiger partial charge in [-0.2, -0.15) is 0 Å². The molecule has 0 atom stereocenters. The molecule has 80 valence electrons. The van der Waals surface area contributed by atoms with Crippen LogP contribution >= 0.6 is 11.8 Å². The maximum atomic E-state index is 11.1. The lowest BCUT2D eigenvalue weighted by Crippen LogP contribution is -2.36. The average Bonchev–Trinajstić information content (AvgIpc) is 2.18. The molecule has 0 aliphatic rings. The molecule has 0 bridgehead atoms. The lowest BCUT2D eigenvalue weighted by atomic mass is 10.4. The first-order valence-electron chi connectivity index (χ1n) is 4.46. The van der Waals surface area contributed by atoms with Gasteiger partial charge in [-0.3, -0.25) is 9.59 Å². The summed E-state index contributed by atoms with van der Waals surface area (Å²) >= 11 is 1.50. The third-order valence-electron chi connectivity index (χ3n) is 1.46. The highest BCUT2D eigenvalue weighted by Gasteiger charge is 2.00. The molecule has 0 aliphatic heterocycles. The minimum absolute atomic E-state index is 0.0595. The van der Waals surface area contributed by atoms with E-state index in [0.717, 1.165) is 5.75 Å². The first-order valence-corrected chi connectivity index (χ1v) is 5.51. The molecule has 4 nitrogen and oxygen atoms in total. The molecule has 0 spiro atoms. The Morgan fingerprint density at radius 2 is 2.00 bits per heavy atom. The van der Waals surface area contributed by atoms with Crippen LogP contribution in [0.4, 0.5) is 0 Å². The molecule has 0 aromatic carbocycles. The van der Waals surface area contributed by atoms with Crippen LogP contribution in [-0.4, -0.2) is 24.2 Å². The minimum atomic E-state index is -0.0641. The van der Waals surface area contributed by atoms with E-state index < -0.39 is 0 Å². The molecule has 2 N–H and O–H groups in total. The summed E-state index contributed by atoms with van der Waals surface area (Å²) in [4.78, 5) is 21.9. The molecule has 0 saturated heterocycles. The highest BCUT2D eigenvalue weighted by atomic mass is 32.2. The van der Waals surface area contributed by atoms with Gasteiger partial charge in [-0.15, -0.1) is 11.8 Å². The summed E-state index contributed by atoms with van der Waals surface area (Å²) in [6.45, 7) is 5.50. The van der Waals surface area contributed by atoms with Crippen LogP contribution in [0.15, 0.2) is 12.0 Å². The van der Waals surface area contributed by atoms with E-state index in [1.54, 1.807) is 12.3 Å². The zero-order chi connectivity index (χ0) is 10.8. The molecule has 0 fully saturated rings. The fraction of sp³-hybridized carbons (Fsp3) is 0.556. The standard InChI is InChI=1S/C9H16N2O2S/c1-3-8(12)10-7-11-9(13)5-6-14-4-2/h4H,2-3,5-7H2,1H3,(H,10,12)(H,11,13). The Morgan fingerprint density at radius 1 is 1.36 bits per heavy atom. The van der Waals surface area contributed by atoms with Gasteiger partial charge in [-0.1, -0.05) is 13.5 Å². The number of amides is 2. The summed E-state index contributed by atoms with van der Waals surface area (Å²) in [6.07, 6.45) is 0.876. The molecule has 0 saturated carbocycles. The van der Waals surface area contributed by atoms with Gasteiger partial charge < -0.3 is 10.6 Å². The van der Waals surface area contributed by atoms with Crippen molar-refractivity contribution in [1.82, 2.24) is 10.6 Å². The topological polar surface area (TPSA) is 58.2 Å². The van der Waals surface area contributed by atoms with Gasteiger partial charge in [0.2, 0.25) is 11.8 Å². The third-order valence-corrected chi connectivity index (χ3v) is 2.13. The van der Waals surface area contributed by atoms with Crippen LogP contribution < -0.4 is 10.6 Å².